The van der Waals surface area contributed by atoms with Crippen LogP contribution in [0.2, 0.25) is 0 Å². The van der Waals surface area contributed by atoms with E-state index in [4.69, 9.17) is 9.97 Å². The molecule has 0 amide bonds. The highest BCUT2D eigenvalue weighted by atomic mass is 16.4. The van der Waals surface area contributed by atoms with Crippen LogP contribution in [0, 0.1) is 25.7 Å². The van der Waals surface area contributed by atoms with Gasteiger partial charge >= 0.3 is 11.9 Å². The van der Waals surface area contributed by atoms with Crippen LogP contribution in [0.1, 0.15) is 82.5 Å². The Kier molecular flexibility index (Phi) is 7.14. The van der Waals surface area contributed by atoms with Crippen LogP contribution in [0.5, 0.6) is 0 Å². The number of carbonyl (C=O) groups is 2. The average Bonchev–Trinajstić information content (AvgIpc) is 3.36. The molecule has 0 saturated heterocycles. The van der Waals surface area contributed by atoms with Crippen LogP contribution in [0.4, 0.5) is 0 Å². The third-order valence-corrected chi connectivity index (χ3v) is 7.55. The molecule has 2 atom stereocenters. The number of aryl methyl sites for hydroxylation is 2. The zero-order valence-electron chi connectivity index (χ0n) is 22.5. The first-order valence-corrected chi connectivity index (χ1v) is 13.1. The zero-order valence-corrected chi connectivity index (χ0v) is 22.5. The minimum absolute atomic E-state index is 0.0105. The van der Waals surface area contributed by atoms with Crippen molar-refractivity contribution >= 4 is 46.2 Å². The van der Waals surface area contributed by atoms with Crippen LogP contribution in [0.3, 0.4) is 0 Å². The van der Waals surface area contributed by atoms with Crippen LogP contribution >= 0.6 is 0 Å². The Morgan fingerprint density at radius 1 is 0.825 bits per heavy atom. The lowest BCUT2D eigenvalue weighted by atomic mass is 9.88. The molecule has 0 spiro atoms. The van der Waals surface area contributed by atoms with Gasteiger partial charge in [0.05, 0.1) is 23.0 Å². The van der Waals surface area contributed by atoms with E-state index in [1.165, 1.54) is 0 Å². The molecule has 0 aliphatic carbocycles. The first kappa shape index (κ1) is 26.7. The van der Waals surface area contributed by atoms with E-state index in [2.05, 4.69) is 35.0 Å². The van der Waals surface area contributed by atoms with Gasteiger partial charge in [-0.25, -0.2) is 4.98 Å². The van der Waals surface area contributed by atoms with Gasteiger partial charge in [0.25, 0.3) is 0 Å². The number of aromatic nitrogens is 4. The number of aliphatic carboxylic acids is 2. The van der Waals surface area contributed by atoms with Gasteiger partial charge in [0, 0.05) is 52.0 Å². The van der Waals surface area contributed by atoms with Crippen LogP contribution in [0.25, 0.3) is 34.2 Å². The topological polar surface area (TPSA) is 132 Å². The molecule has 3 aromatic heterocycles. The Balaban J connectivity index is 1.84. The molecule has 3 aliphatic rings. The summed E-state index contributed by atoms with van der Waals surface area (Å²) in [6.07, 6.45) is 4.27. The fraction of sp³-hybridized carbons (Fsp3) is 0.250. The minimum atomic E-state index is -0.899. The number of nitrogens with one attached hydrogen (secondary N) is 2. The molecule has 8 heteroatoms. The highest BCUT2D eigenvalue weighted by molar-refractivity contribution is 5.86. The number of H-pyrrole nitrogens is 2. The fourth-order valence-corrected chi connectivity index (χ4v) is 5.32. The van der Waals surface area contributed by atoms with E-state index in [9.17, 15) is 19.8 Å². The average molecular weight is 535 g/mol. The van der Waals surface area contributed by atoms with Crippen LogP contribution in [-0.2, 0) is 9.59 Å². The summed E-state index contributed by atoms with van der Waals surface area (Å²) in [7, 11) is 0. The lowest BCUT2D eigenvalue weighted by Crippen LogP contribution is -2.17. The van der Waals surface area contributed by atoms with Crippen LogP contribution in [0.15, 0.2) is 37.4 Å². The molecule has 8 nitrogen and oxygen atoms in total. The Morgan fingerprint density at radius 2 is 1.40 bits per heavy atom. The van der Waals surface area contributed by atoms with Gasteiger partial charge in [-0.15, -0.1) is 0 Å². The van der Waals surface area contributed by atoms with Crippen LogP contribution < -0.4 is 0 Å². The molecule has 6 rings (SSSR count). The Labute approximate surface area is 231 Å². The molecular formula is C32H30N4O4. The van der Waals surface area contributed by atoms with Crippen LogP contribution in [-0.4, -0.2) is 42.1 Å². The van der Waals surface area contributed by atoms with Crippen molar-refractivity contribution < 1.29 is 19.8 Å². The molecule has 6 heterocycles. The van der Waals surface area contributed by atoms with Gasteiger partial charge in [-0.05, 0) is 68.0 Å². The number of hydrogen-bond acceptors (Lipinski definition) is 4. The van der Waals surface area contributed by atoms with Gasteiger partial charge in [-0.2, -0.15) is 0 Å². The van der Waals surface area contributed by atoms with Crippen molar-refractivity contribution in [3.8, 4) is 11.8 Å². The first-order chi connectivity index (χ1) is 19.2. The highest BCUT2D eigenvalue weighted by Crippen LogP contribution is 2.36. The summed E-state index contributed by atoms with van der Waals surface area (Å²) in [4.78, 5) is 39.3. The minimum Gasteiger partial charge on any atom is -0.481 e. The predicted octanol–water partition coefficient (Wildman–Crippen LogP) is 6.21. The summed E-state index contributed by atoms with van der Waals surface area (Å²) in [6, 6.07) is 7.72. The largest absolute Gasteiger partial charge is 0.481 e. The molecule has 0 saturated carbocycles. The maximum atomic E-state index is 11.4. The third-order valence-electron chi connectivity index (χ3n) is 7.55. The van der Waals surface area contributed by atoms with Crippen molar-refractivity contribution in [2.45, 2.75) is 51.4 Å². The molecule has 3 aliphatic heterocycles. The van der Waals surface area contributed by atoms with Gasteiger partial charge in [0.15, 0.2) is 0 Å². The predicted molar refractivity (Wildman–Crippen MR) is 156 cm³/mol. The van der Waals surface area contributed by atoms with Crippen molar-refractivity contribution in [1.29, 1.82) is 0 Å². The van der Waals surface area contributed by atoms with E-state index < -0.39 is 11.9 Å². The summed E-state index contributed by atoms with van der Waals surface area (Å²) in [5.41, 5.74) is 10.1. The van der Waals surface area contributed by atoms with Gasteiger partial charge in [-0.1, -0.05) is 31.2 Å². The molecule has 40 heavy (non-hydrogen) atoms. The number of hydrogen-bond donors (Lipinski definition) is 4. The Hall–Kier alpha value is -4.90. The number of nitrogens with zero attached hydrogens (tertiary/aromatic N) is 2. The first-order valence-electron chi connectivity index (χ1n) is 13.1. The molecule has 2 unspecified atom stereocenters. The standard InChI is InChI=1S/C32H30N4O4/c1-5-21-17(3)24-13-20-9-7-19(8-11-31(37)38)26(33-20)15-29-23(10-12-32(39)40)30(36-29)16-28-22(6-2)18(4)25(35-28)14-27(21)34-24/h5-6,13-16,19,23,34-35H,1-2,8,10-12H2,3-4H3,(H,37,38)(H,39,40). The number of rotatable bonds is 8. The summed E-state index contributed by atoms with van der Waals surface area (Å²) in [5, 5.41) is 18.6. The number of carboxylic acids is 2. The molecule has 8 bridgehead atoms. The number of carboxylic acid groups (broad SMARTS) is 2. The SMILES string of the molecule is C=Cc1c(C)c2cc3[nH]c(cc4nc(cc5nc(cc1[nH]2)C5CCC(=O)O)C(CCC(=O)O)C#C4)c(C)c3C=C. The maximum Gasteiger partial charge on any atom is 0.303 e. The second kappa shape index (κ2) is 10.7. The van der Waals surface area contributed by atoms with Gasteiger partial charge < -0.3 is 20.2 Å². The van der Waals surface area contributed by atoms with Gasteiger partial charge in [0.2, 0.25) is 0 Å². The van der Waals surface area contributed by atoms with Crippen molar-refractivity contribution in [3.05, 3.63) is 82.5 Å². The molecule has 202 valence electrons. The second-order valence-electron chi connectivity index (χ2n) is 10.1. The third kappa shape index (κ3) is 5.06. The molecular weight excluding hydrogens is 504 g/mol. The zero-order chi connectivity index (χ0) is 28.6. The van der Waals surface area contributed by atoms with E-state index in [0.717, 1.165) is 50.0 Å². The lowest BCUT2D eigenvalue weighted by Gasteiger charge is -2.23. The Morgan fingerprint density at radius 3 is 2.02 bits per heavy atom. The van der Waals surface area contributed by atoms with Crippen molar-refractivity contribution in [1.82, 2.24) is 19.9 Å². The molecule has 4 N–H and O–H groups in total. The quantitative estimate of drug-likeness (QED) is 0.254. The summed E-state index contributed by atoms with van der Waals surface area (Å²) >= 11 is 0. The molecule has 3 aromatic rings. The van der Waals surface area contributed by atoms with Gasteiger partial charge in [-0.3, -0.25) is 14.6 Å². The summed E-state index contributed by atoms with van der Waals surface area (Å²) in [6.45, 7) is 12.1. The van der Waals surface area contributed by atoms with Gasteiger partial charge in [0.1, 0.15) is 5.69 Å². The monoisotopic (exact) mass is 534 g/mol. The second-order valence-corrected chi connectivity index (χ2v) is 10.1. The molecule has 0 radical (unpaired) electrons. The van der Waals surface area contributed by atoms with E-state index in [0.29, 0.717) is 29.9 Å². The summed E-state index contributed by atoms with van der Waals surface area (Å²) < 4.78 is 0. The highest BCUT2D eigenvalue weighted by Gasteiger charge is 2.27. The molecule has 0 fully saturated rings. The van der Waals surface area contributed by atoms with E-state index in [1.807, 2.05) is 44.2 Å². The fourth-order valence-electron chi connectivity index (χ4n) is 5.32. The molecule has 0 aromatic carbocycles. The maximum absolute atomic E-state index is 11.4. The Bertz CT molecular complexity index is 1800. The normalized spacial score (nSPS) is 15.8. The van der Waals surface area contributed by atoms with Crippen molar-refractivity contribution in [2.75, 3.05) is 0 Å². The van der Waals surface area contributed by atoms with E-state index in [-0.39, 0.29) is 24.7 Å². The smallest absolute Gasteiger partial charge is 0.303 e. The number of aromatic amines is 2. The van der Waals surface area contributed by atoms with E-state index >= 15 is 0 Å². The summed E-state index contributed by atoms with van der Waals surface area (Å²) in [5.74, 6) is 3.93. The van der Waals surface area contributed by atoms with Crippen molar-refractivity contribution in [3.63, 3.8) is 0 Å². The lowest BCUT2D eigenvalue weighted by molar-refractivity contribution is -0.138. The van der Waals surface area contributed by atoms with E-state index in [1.54, 1.807) is 6.08 Å². The van der Waals surface area contributed by atoms with Crippen molar-refractivity contribution in [2.24, 2.45) is 0 Å².